The van der Waals surface area contributed by atoms with E-state index in [1.54, 1.807) is 43.3 Å². The number of carboxylic acids is 1. The molecule has 4 aromatic rings. The number of carbonyl (C=O) groups is 2. The van der Waals surface area contributed by atoms with Gasteiger partial charge in [-0.1, -0.05) is 35.9 Å². The summed E-state index contributed by atoms with van der Waals surface area (Å²) in [6.45, 7) is 1.24. The summed E-state index contributed by atoms with van der Waals surface area (Å²) < 4.78 is 6.05. The van der Waals surface area contributed by atoms with Crippen LogP contribution in [0.5, 0.6) is 11.8 Å². The Bertz CT molecular complexity index is 1510. The second-order valence-electron chi connectivity index (χ2n) is 9.33. The highest BCUT2D eigenvalue weighted by Crippen LogP contribution is 2.34. The number of benzene rings is 2. The highest BCUT2D eigenvalue weighted by Gasteiger charge is 2.25. The first-order chi connectivity index (χ1) is 18.2. The number of nitrogens with zero attached hydrogens (tertiary/aromatic N) is 4. The van der Waals surface area contributed by atoms with Crippen LogP contribution in [0.1, 0.15) is 23.2 Å². The SMILES string of the molecule is CN(C)C(=O)N1CCC(Oc2nc3nc(-c4ccc(-c5ccc(C(=O)O)cc5O)cc4)c(Cl)cc3[nH]2)CC1. The van der Waals surface area contributed by atoms with E-state index in [0.717, 1.165) is 5.56 Å². The number of likely N-dealkylation sites (tertiary alicyclic amines) is 1. The van der Waals surface area contributed by atoms with Crippen molar-refractivity contribution < 1.29 is 24.5 Å². The molecule has 196 valence electrons. The molecule has 3 N–H and O–H groups in total. The number of imidazole rings is 1. The normalized spacial score (nSPS) is 14.0. The molecule has 1 fully saturated rings. The van der Waals surface area contributed by atoms with E-state index in [9.17, 15) is 14.7 Å². The zero-order valence-corrected chi connectivity index (χ0v) is 21.6. The number of nitrogens with one attached hydrogen (secondary N) is 1. The summed E-state index contributed by atoms with van der Waals surface area (Å²) in [6.07, 6.45) is 1.35. The smallest absolute Gasteiger partial charge is 0.335 e. The molecule has 0 bridgehead atoms. The fourth-order valence-corrected chi connectivity index (χ4v) is 4.74. The number of phenolic OH excluding ortho intramolecular Hbond substituents is 1. The Balaban J connectivity index is 1.32. The van der Waals surface area contributed by atoms with Crippen molar-refractivity contribution in [2.75, 3.05) is 27.2 Å². The van der Waals surface area contributed by atoms with Crippen molar-refractivity contribution in [3.05, 3.63) is 59.1 Å². The van der Waals surface area contributed by atoms with Gasteiger partial charge in [-0.05, 0) is 29.8 Å². The fraction of sp³-hybridized carbons (Fsp3) is 0.259. The third-order valence-corrected chi connectivity index (χ3v) is 6.78. The summed E-state index contributed by atoms with van der Waals surface area (Å²) in [5, 5.41) is 19.8. The summed E-state index contributed by atoms with van der Waals surface area (Å²) in [5.41, 5.74) is 3.66. The number of halogens is 1. The molecule has 0 radical (unpaired) electrons. The number of rotatable bonds is 5. The molecule has 0 aliphatic carbocycles. The number of pyridine rings is 1. The minimum Gasteiger partial charge on any atom is -0.507 e. The van der Waals surface area contributed by atoms with Crippen molar-refractivity contribution in [2.45, 2.75) is 18.9 Å². The highest BCUT2D eigenvalue weighted by molar-refractivity contribution is 6.33. The molecule has 5 rings (SSSR count). The van der Waals surface area contributed by atoms with E-state index in [1.165, 1.54) is 12.1 Å². The van der Waals surface area contributed by atoms with E-state index in [-0.39, 0.29) is 23.4 Å². The van der Waals surface area contributed by atoms with Gasteiger partial charge in [0, 0.05) is 51.2 Å². The highest BCUT2D eigenvalue weighted by atomic mass is 35.5. The number of carbonyl (C=O) groups excluding carboxylic acids is 1. The van der Waals surface area contributed by atoms with Crippen molar-refractivity contribution in [1.82, 2.24) is 24.8 Å². The average molecular weight is 536 g/mol. The molecule has 11 heteroatoms. The van der Waals surface area contributed by atoms with Crippen molar-refractivity contribution in [2.24, 2.45) is 0 Å². The van der Waals surface area contributed by atoms with Crippen molar-refractivity contribution in [1.29, 1.82) is 0 Å². The molecular weight excluding hydrogens is 510 g/mol. The topological polar surface area (TPSA) is 132 Å². The summed E-state index contributed by atoms with van der Waals surface area (Å²) in [6, 6.07) is 13.6. The molecular formula is C27H26ClN5O5. The summed E-state index contributed by atoms with van der Waals surface area (Å²) in [4.78, 5) is 38.9. The van der Waals surface area contributed by atoms with Crippen LogP contribution in [0.15, 0.2) is 48.5 Å². The average Bonchev–Trinajstić information content (AvgIpc) is 3.29. The lowest BCUT2D eigenvalue weighted by molar-refractivity contribution is 0.0696. The fourth-order valence-electron chi connectivity index (χ4n) is 4.48. The second-order valence-corrected chi connectivity index (χ2v) is 9.73. The number of amides is 2. The van der Waals surface area contributed by atoms with Gasteiger partial charge < -0.3 is 29.7 Å². The van der Waals surface area contributed by atoms with Gasteiger partial charge >= 0.3 is 12.0 Å². The van der Waals surface area contributed by atoms with Crippen LogP contribution in [0.3, 0.4) is 0 Å². The van der Waals surface area contributed by atoms with Gasteiger partial charge in [-0.3, -0.25) is 0 Å². The number of piperidine rings is 1. The Morgan fingerprint density at radius 2 is 1.74 bits per heavy atom. The van der Waals surface area contributed by atoms with E-state index in [0.29, 0.717) is 64.9 Å². The number of H-pyrrole nitrogens is 1. The van der Waals surface area contributed by atoms with Crippen molar-refractivity contribution in [3.8, 4) is 34.1 Å². The molecule has 38 heavy (non-hydrogen) atoms. The van der Waals surface area contributed by atoms with E-state index in [2.05, 4.69) is 15.0 Å². The number of hydrogen-bond donors (Lipinski definition) is 3. The molecule has 10 nitrogen and oxygen atoms in total. The van der Waals surface area contributed by atoms with Crippen LogP contribution in [0, 0.1) is 0 Å². The first kappa shape index (κ1) is 25.3. The van der Waals surface area contributed by atoms with Gasteiger partial charge in [-0.25, -0.2) is 14.6 Å². The van der Waals surface area contributed by atoms with Crippen LogP contribution in [-0.2, 0) is 0 Å². The predicted molar refractivity (Wildman–Crippen MR) is 143 cm³/mol. The largest absolute Gasteiger partial charge is 0.507 e. The Kier molecular flexibility index (Phi) is 6.81. The van der Waals surface area contributed by atoms with Crippen LogP contribution in [0.2, 0.25) is 5.02 Å². The Morgan fingerprint density at radius 1 is 1.05 bits per heavy atom. The van der Waals surface area contributed by atoms with Gasteiger partial charge in [-0.2, -0.15) is 4.98 Å². The van der Waals surface area contributed by atoms with Gasteiger partial charge in [-0.15, -0.1) is 0 Å². The van der Waals surface area contributed by atoms with Crippen LogP contribution in [0.4, 0.5) is 4.79 Å². The van der Waals surface area contributed by atoms with Crippen LogP contribution in [0.25, 0.3) is 33.5 Å². The van der Waals surface area contributed by atoms with Gasteiger partial charge in [0.05, 0.1) is 21.8 Å². The van der Waals surface area contributed by atoms with Crippen molar-refractivity contribution >= 4 is 34.8 Å². The van der Waals surface area contributed by atoms with E-state index >= 15 is 0 Å². The molecule has 3 heterocycles. The molecule has 1 aliphatic heterocycles. The Labute approximate surface area is 223 Å². The number of urea groups is 1. The first-order valence-electron chi connectivity index (χ1n) is 12.1. The number of aromatic amines is 1. The van der Waals surface area contributed by atoms with E-state index < -0.39 is 5.97 Å². The Morgan fingerprint density at radius 3 is 2.37 bits per heavy atom. The molecule has 0 unspecified atom stereocenters. The molecule has 1 aliphatic rings. The molecule has 1 saturated heterocycles. The third-order valence-electron chi connectivity index (χ3n) is 6.49. The third kappa shape index (κ3) is 5.08. The maximum absolute atomic E-state index is 12.1. The molecule has 0 saturated carbocycles. The zero-order valence-electron chi connectivity index (χ0n) is 20.8. The lowest BCUT2D eigenvalue weighted by Gasteiger charge is -2.33. The number of aromatic carboxylic acids is 1. The minimum absolute atomic E-state index is 0.000477. The number of hydrogen-bond acceptors (Lipinski definition) is 6. The first-order valence-corrected chi connectivity index (χ1v) is 12.4. The zero-order chi connectivity index (χ0) is 27.0. The number of aromatic hydroxyl groups is 1. The van der Waals surface area contributed by atoms with Gasteiger partial charge in [0.25, 0.3) is 6.01 Å². The molecule has 2 amide bonds. The van der Waals surface area contributed by atoms with Gasteiger partial charge in [0.15, 0.2) is 5.65 Å². The van der Waals surface area contributed by atoms with Gasteiger partial charge in [0.1, 0.15) is 11.9 Å². The quantitative estimate of drug-likeness (QED) is 0.332. The number of phenols is 1. The molecule has 2 aromatic heterocycles. The summed E-state index contributed by atoms with van der Waals surface area (Å²) >= 11 is 6.55. The van der Waals surface area contributed by atoms with Crippen LogP contribution < -0.4 is 4.74 Å². The number of fused-ring (bicyclic) bond motifs is 1. The monoisotopic (exact) mass is 535 g/mol. The lowest BCUT2D eigenvalue weighted by atomic mass is 10.0. The molecule has 0 atom stereocenters. The maximum atomic E-state index is 12.1. The standard InChI is InChI=1S/C27H26ClN5O5/c1-32(2)27(37)33-11-9-18(10-12-33)38-26-29-21-14-20(28)23(30-24(21)31-26)16-5-3-15(4-6-16)19-8-7-17(25(35)36)13-22(19)34/h3-8,13-14,18,34H,9-12H2,1-2H3,(H,35,36)(H,29,30,31). The predicted octanol–water partition coefficient (Wildman–Crippen LogP) is 4.87. The van der Waals surface area contributed by atoms with Crippen LogP contribution >= 0.6 is 11.6 Å². The minimum atomic E-state index is -1.10. The summed E-state index contributed by atoms with van der Waals surface area (Å²) in [5.74, 6) is -1.22. The lowest BCUT2D eigenvalue weighted by Crippen LogP contribution is -2.46. The molecule has 2 aromatic carbocycles. The second kappa shape index (κ2) is 10.2. The van der Waals surface area contributed by atoms with Gasteiger partial charge in [0.2, 0.25) is 0 Å². The number of ether oxygens (including phenoxy) is 1. The maximum Gasteiger partial charge on any atom is 0.335 e. The number of carboxylic acid groups (broad SMARTS) is 1. The summed E-state index contributed by atoms with van der Waals surface area (Å²) in [7, 11) is 3.49. The van der Waals surface area contributed by atoms with Crippen molar-refractivity contribution in [3.63, 3.8) is 0 Å². The Hall–Kier alpha value is -4.31. The van der Waals surface area contributed by atoms with E-state index in [4.69, 9.17) is 21.4 Å². The number of aromatic nitrogens is 3. The van der Waals surface area contributed by atoms with Crippen LogP contribution in [-0.4, -0.2) is 80.3 Å². The molecule has 0 spiro atoms. The van der Waals surface area contributed by atoms with E-state index in [1.807, 2.05) is 17.0 Å².